The van der Waals surface area contributed by atoms with Crippen molar-refractivity contribution in [3.05, 3.63) is 106 Å². The van der Waals surface area contributed by atoms with E-state index in [0.717, 1.165) is 38.4 Å². The minimum absolute atomic E-state index is 0.0146. The summed E-state index contributed by atoms with van der Waals surface area (Å²) in [5.41, 5.74) is -0.495. The van der Waals surface area contributed by atoms with Gasteiger partial charge in [-0.1, -0.05) is 42.0 Å². The number of sulfonamides is 1. The SMILES string of the molecule is Cc1ccc(-c2cc(C(F)(F)F)nn2-c2ccc(S(=O)(=O)NC(=O)OCC(C)(C)N(C)[N+]([O-])=NOCN3C(=O)c4ccccc4C3=O)cc2)cc1. The maximum atomic E-state index is 13.5. The fourth-order valence-corrected chi connectivity index (χ4v) is 5.61. The van der Waals surface area contributed by atoms with Crippen LogP contribution >= 0.6 is 0 Å². The molecule has 0 saturated carbocycles. The number of likely N-dealkylation sites (N-methyl/N-ethyl adjacent to an activating group) is 1. The number of imide groups is 1. The maximum absolute atomic E-state index is 13.5. The molecule has 1 N–H and O–H groups in total. The van der Waals surface area contributed by atoms with Crippen LogP contribution in [0.25, 0.3) is 16.9 Å². The molecule has 0 aliphatic carbocycles. The number of carbonyl (C=O) groups is 3. The molecule has 4 aromatic rings. The van der Waals surface area contributed by atoms with Gasteiger partial charge in [-0.2, -0.15) is 18.3 Å². The fourth-order valence-electron chi connectivity index (χ4n) is 4.72. The molecule has 1 aliphatic heterocycles. The Kier molecular flexibility index (Phi) is 9.78. The molecular formula is C32H30F3N7O8S. The van der Waals surface area contributed by atoms with Gasteiger partial charge in [-0.05, 0) is 63.2 Å². The molecule has 5 rings (SSSR count). The number of rotatable bonds is 11. The first-order chi connectivity index (χ1) is 23.9. The average Bonchev–Trinajstić information content (AvgIpc) is 3.64. The van der Waals surface area contributed by atoms with Crippen molar-refractivity contribution in [2.45, 2.75) is 37.4 Å². The van der Waals surface area contributed by atoms with Gasteiger partial charge in [0.05, 0.1) is 39.4 Å². The van der Waals surface area contributed by atoms with E-state index in [4.69, 9.17) is 9.57 Å². The molecule has 0 radical (unpaired) electrons. The Labute approximate surface area is 289 Å². The second kappa shape index (κ2) is 13.7. The lowest BCUT2D eigenvalue weighted by atomic mass is 10.1. The lowest BCUT2D eigenvalue weighted by molar-refractivity contribution is -0.721. The predicted molar refractivity (Wildman–Crippen MR) is 171 cm³/mol. The van der Waals surface area contributed by atoms with Gasteiger partial charge in [0.1, 0.15) is 12.1 Å². The van der Waals surface area contributed by atoms with E-state index in [1.54, 1.807) is 41.1 Å². The highest BCUT2D eigenvalue weighted by atomic mass is 32.2. The molecule has 0 spiro atoms. The smallest absolute Gasteiger partial charge is 0.435 e. The van der Waals surface area contributed by atoms with Crippen molar-refractivity contribution in [1.82, 2.24) is 24.4 Å². The maximum Gasteiger partial charge on any atom is 0.435 e. The predicted octanol–water partition coefficient (Wildman–Crippen LogP) is 5.05. The summed E-state index contributed by atoms with van der Waals surface area (Å²) in [6.07, 6.45) is -6.12. The molecule has 1 aromatic heterocycles. The van der Waals surface area contributed by atoms with Crippen molar-refractivity contribution in [1.29, 1.82) is 0 Å². The van der Waals surface area contributed by atoms with Gasteiger partial charge >= 0.3 is 12.3 Å². The Morgan fingerprint density at radius 1 is 1.00 bits per heavy atom. The van der Waals surface area contributed by atoms with Crippen LogP contribution in [-0.2, 0) is 25.8 Å². The molecule has 0 fully saturated rings. The molecule has 0 atom stereocenters. The van der Waals surface area contributed by atoms with Crippen molar-refractivity contribution >= 4 is 27.9 Å². The van der Waals surface area contributed by atoms with Crippen LogP contribution in [0.15, 0.2) is 89.0 Å². The van der Waals surface area contributed by atoms with Gasteiger partial charge in [0.25, 0.3) is 21.8 Å². The van der Waals surface area contributed by atoms with E-state index in [-0.39, 0.29) is 27.5 Å². The Morgan fingerprint density at radius 2 is 1.59 bits per heavy atom. The van der Waals surface area contributed by atoms with Gasteiger partial charge in [-0.25, -0.2) is 27.5 Å². The number of alkyl halides is 3. The first-order valence-electron chi connectivity index (χ1n) is 14.9. The third-order valence-corrected chi connectivity index (χ3v) is 9.17. The van der Waals surface area contributed by atoms with E-state index in [2.05, 4.69) is 10.4 Å². The highest BCUT2D eigenvalue weighted by Gasteiger charge is 2.37. The van der Waals surface area contributed by atoms with Crippen LogP contribution in [0.5, 0.6) is 0 Å². The number of nitrogens with zero attached hydrogens (tertiary/aromatic N) is 6. The number of hydrazine groups is 1. The number of fused-ring (bicyclic) bond motifs is 1. The molecular weight excluding hydrogens is 699 g/mol. The summed E-state index contributed by atoms with van der Waals surface area (Å²) in [5, 5.41) is 20.5. The summed E-state index contributed by atoms with van der Waals surface area (Å²) in [4.78, 5) is 42.6. The first-order valence-corrected chi connectivity index (χ1v) is 16.4. The van der Waals surface area contributed by atoms with Gasteiger partial charge in [0, 0.05) is 5.56 Å². The number of hydrogen-bond acceptors (Lipinski definition) is 10. The first kappa shape index (κ1) is 36.3. The van der Waals surface area contributed by atoms with Gasteiger partial charge in [0.15, 0.2) is 5.69 Å². The Balaban J connectivity index is 1.19. The molecule has 3 aromatic carbocycles. The summed E-state index contributed by atoms with van der Waals surface area (Å²) in [6.45, 7) is 3.57. The molecule has 268 valence electrons. The molecule has 15 nitrogen and oxygen atoms in total. The highest BCUT2D eigenvalue weighted by molar-refractivity contribution is 7.90. The van der Waals surface area contributed by atoms with Crippen LogP contribution in [0.3, 0.4) is 0 Å². The molecule has 3 amide bonds. The van der Waals surface area contributed by atoms with Crippen LogP contribution in [0.2, 0.25) is 0 Å². The number of ether oxygens (including phenoxy) is 1. The number of nitrogens with one attached hydrogen (secondary N) is 1. The normalized spacial score (nSPS) is 13.6. The number of hydrogen-bond donors (Lipinski definition) is 1. The molecule has 0 bridgehead atoms. The zero-order chi connectivity index (χ0) is 37.3. The zero-order valence-corrected chi connectivity index (χ0v) is 28.2. The van der Waals surface area contributed by atoms with Crippen molar-refractivity contribution < 1.29 is 50.5 Å². The van der Waals surface area contributed by atoms with E-state index in [9.17, 15) is 41.2 Å². The van der Waals surface area contributed by atoms with Crippen molar-refractivity contribution in [2.75, 3.05) is 20.4 Å². The van der Waals surface area contributed by atoms with Crippen LogP contribution in [0, 0.1) is 12.1 Å². The number of benzene rings is 3. The van der Waals surface area contributed by atoms with E-state index in [1.165, 1.54) is 45.2 Å². The minimum Gasteiger partial charge on any atom is -0.569 e. The summed E-state index contributed by atoms with van der Waals surface area (Å²) in [6, 6.07) is 18.4. The van der Waals surface area contributed by atoms with E-state index in [0.29, 0.717) is 5.56 Å². The summed E-state index contributed by atoms with van der Waals surface area (Å²) < 4.78 is 74.3. The van der Waals surface area contributed by atoms with Crippen LogP contribution in [-0.4, -0.2) is 76.9 Å². The lowest BCUT2D eigenvalue weighted by Gasteiger charge is -2.30. The zero-order valence-electron chi connectivity index (χ0n) is 27.4. The highest BCUT2D eigenvalue weighted by Crippen LogP contribution is 2.33. The number of aryl methyl sites for hydroxylation is 1. The Hall–Kier alpha value is -5.98. The fraction of sp³-hybridized carbons (Fsp3) is 0.250. The minimum atomic E-state index is -4.74. The van der Waals surface area contributed by atoms with Crippen LogP contribution in [0.4, 0.5) is 18.0 Å². The van der Waals surface area contributed by atoms with Crippen LogP contribution < -0.4 is 4.72 Å². The van der Waals surface area contributed by atoms with Gasteiger partial charge < -0.3 is 14.8 Å². The van der Waals surface area contributed by atoms with Gasteiger partial charge in [0.2, 0.25) is 12.0 Å². The Morgan fingerprint density at radius 3 is 2.16 bits per heavy atom. The largest absolute Gasteiger partial charge is 0.569 e. The summed E-state index contributed by atoms with van der Waals surface area (Å²) in [5.74, 6) is -1.24. The number of amides is 3. The van der Waals surface area contributed by atoms with E-state index in [1.807, 2.05) is 6.92 Å². The van der Waals surface area contributed by atoms with Crippen molar-refractivity contribution in [2.24, 2.45) is 5.28 Å². The standard InChI is InChI=1S/C32H30F3N7O8S/c1-20-9-11-21(12-10-20)26-17-27(32(33,34)35)36-41(26)22-13-15-23(16-14-22)51(47,48)37-30(45)49-18-31(2,3)39(4)42(46)38-50-19-40-28(43)24-7-5-6-8-25(24)29(40)44/h5-17H,18-19H2,1-4H3,(H,37,45). The van der Waals surface area contributed by atoms with Gasteiger partial charge in [-0.15, -0.1) is 5.01 Å². The lowest BCUT2D eigenvalue weighted by Crippen LogP contribution is -2.49. The molecule has 1 aliphatic rings. The molecule has 0 saturated heterocycles. The molecule has 19 heteroatoms. The monoisotopic (exact) mass is 729 g/mol. The van der Waals surface area contributed by atoms with E-state index < -0.39 is 63.6 Å². The van der Waals surface area contributed by atoms with Crippen molar-refractivity contribution in [3.8, 4) is 16.9 Å². The second-order valence-corrected chi connectivity index (χ2v) is 13.6. The molecule has 51 heavy (non-hydrogen) atoms. The third kappa shape index (κ3) is 7.77. The summed E-state index contributed by atoms with van der Waals surface area (Å²) >= 11 is 0. The van der Waals surface area contributed by atoms with Crippen molar-refractivity contribution in [3.63, 3.8) is 0 Å². The number of carbonyl (C=O) groups excluding carboxylic acids is 3. The molecule has 2 heterocycles. The van der Waals surface area contributed by atoms with Crippen LogP contribution in [0.1, 0.15) is 45.8 Å². The topological polar surface area (TPSA) is 179 Å². The second-order valence-electron chi connectivity index (χ2n) is 11.9. The van der Waals surface area contributed by atoms with E-state index >= 15 is 0 Å². The third-order valence-electron chi connectivity index (χ3n) is 7.84. The average molecular weight is 730 g/mol. The number of aromatic nitrogens is 2. The summed E-state index contributed by atoms with van der Waals surface area (Å²) in [7, 11) is -3.25. The Bertz CT molecular complexity index is 2080. The number of halogens is 3. The van der Waals surface area contributed by atoms with Gasteiger partial charge in [-0.3, -0.25) is 9.59 Å². The quantitative estimate of drug-likeness (QED) is 0.0950. The molecule has 0 unspecified atom stereocenters.